The molecular weight excluding hydrogens is 210 g/mol. The molecule has 0 heterocycles. The molecule has 1 aromatic rings. The minimum Gasteiger partial charge on any atom is -0.497 e. The number of nitro benzene ring substituents is 1. The van der Waals surface area contributed by atoms with Crippen LogP contribution in [0.3, 0.4) is 0 Å². The number of hydrogen-bond acceptors (Lipinski definition) is 4. The first-order valence-electron chi connectivity index (χ1n) is 4.87. The first kappa shape index (κ1) is 12.4. The fourth-order valence-corrected chi connectivity index (χ4v) is 1.47. The highest BCUT2D eigenvalue weighted by Crippen LogP contribution is 2.27. The number of hydrogen-bond donors (Lipinski definition) is 1. The number of ether oxygens (including phenoxy) is 1. The number of nitro groups is 1. The van der Waals surface area contributed by atoms with E-state index in [-0.39, 0.29) is 12.1 Å². The van der Waals surface area contributed by atoms with E-state index < -0.39 is 10.5 Å². The van der Waals surface area contributed by atoms with Crippen LogP contribution in [0, 0.1) is 10.1 Å². The normalized spacial score (nSPS) is 11.2. The van der Waals surface area contributed by atoms with E-state index in [1.54, 1.807) is 19.9 Å². The van der Waals surface area contributed by atoms with E-state index in [1.807, 2.05) is 0 Å². The second-order valence-electron chi connectivity index (χ2n) is 4.24. The molecule has 88 valence electrons. The smallest absolute Gasteiger partial charge is 0.272 e. The molecule has 0 aliphatic rings. The highest BCUT2D eigenvalue weighted by Gasteiger charge is 2.21. The van der Waals surface area contributed by atoms with Gasteiger partial charge in [0.05, 0.1) is 17.6 Å². The third-order valence-electron chi connectivity index (χ3n) is 2.11. The molecule has 0 saturated carbocycles. The van der Waals surface area contributed by atoms with Crippen LogP contribution in [-0.4, -0.2) is 22.7 Å². The molecule has 0 unspecified atom stereocenters. The molecule has 1 aromatic carbocycles. The Kier molecular flexibility index (Phi) is 3.49. The highest BCUT2D eigenvalue weighted by atomic mass is 16.6. The molecule has 1 N–H and O–H groups in total. The van der Waals surface area contributed by atoms with E-state index in [1.165, 1.54) is 19.2 Å². The van der Waals surface area contributed by atoms with Crippen LogP contribution < -0.4 is 4.74 Å². The minimum atomic E-state index is -0.989. The molecule has 0 bridgehead atoms. The minimum absolute atomic E-state index is 0.00271. The standard InChI is InChI=1S/C11H15NO4/c1-11(2,13)7-8-6-9(16-3)4-5-10(8)12(14)15/h4-6,13H,7H2,1-3H3. The van der Waals surface area contributed by atoms with Gasteiger partial charge in [0.25, 0.3) is 5.69 Å². The van der Waals surface area contributed by atoms with Gasteiger partial charge in [-0.25, -0.2) is 0 Å². The summed E-state index contributed by atoms with van der Waals surface area (Å²) < 4.78 is 5.00. The number of methoxy groups -OCH3 is 1. The van der Waals surface area contributed by atoms with Gasteiger partial charge in [0.1, 0.15) is 5.75 Å². The molecule has 0 amide bonds. The largest absolute Gasteiger partial charge is 0.497 e. The van der Waals surface area contributed by atoms with Crippen LogP contribution in [-0.2, 0) is 6.42 Å². The molecule has 16 heavy (non-hydrogen) atoms. The Morgan fingerprint density at radius 1 is 1.50 bits per heavy atom. The van der Waals surface area contributed by atoms with Crippen molar-refractivity contribution >= 4 is 5.69 Å². The van der Waals surface area contributed by atoms with Gasteiger partial charge in [0.2, 0.25) is 0 Å². The maximum atomic E-state index is 10.8. The average Bonchev–Trinajstić information content (AvgIpc) is 2.14. The summed E-state index contributed by atoms with van der Waals surface area (Å²) in [5, 5.41) is 20.5. The van der Waals surface area contributed by atoms with Crippen LogP contribution in [0.5, 0.6) is 5.75 Å². The quantitative estimate of drug-likeness (QED) is 0.627. The monoisotopic (exact) mass is 225 g/mol. The molecule has 0 fully saturated rings. The van der Waals surface area contributed by atoms with Gasteiger partial charge in [-0.3, -0.25) is 10.1 Å². The number of aliphatic hydroxyl groups is 1. The topological polar surface area (TPSA) is 72.6 Å². The summed E-state index contributed by atoms with van der Waals surface area (Å²) in [4.78, 5) is 10.3. The van der Waals surface area contributed by atoms with Gasteiger partial charge >= 0.3 is 0 Å². The van der Waals surface area contributed by atoms with Crippen molar-refractivity contribution in [2.75, 3.05) is 7.11 Å². The maximum absolute atomic E-state index is 10.8. The third kappa shape index (κ3) is 3.20. The maximum Gasteiger partial charge on any atom is 0.272 e. The number of nitrogens with zero attached hydrogens (tertiary/aromatic N) is 1. The SMILES string of the molecule is COc1ccc([N+](=O)[O-])c(CC(C)(C)O)c1. The Morgan fingerprint density at radius 2 is 2.12 bits per heavy atom. The summed E-state index contributed by atoms with van der Waals surface area (Å²) in [6.45, 7) is 3.21. The lowest BCUT2D eigenvalue weighted by atomic mass is 9.97. The van der Waals surface area contributed by atoms with E-state index in [4.69, 9.17) is 4.74 Å². The zero-order chi connectivity index (χ0) is 12.3. The highest BCUT2D eigenvalue weighted by molar-refractivity contribution is 5.45. The van der Waals surface area contributed by atoms with Crippen LogP contribution in [0.25, 0.3) is 0 Å². The molecule has 0 aliphatic heterocycles. The Bertz CT molecular complexity index is 395. The molecule has 0 saturated heterocycles. The lowest BCUT2D eigenvalue weighted by Crippen LogP contribution is -2.22. The Hall–Kier alpha value is -1.62. The van der Waals surface area contributed by atoms with Crippen molar-refractivity contribution in [3.63, 3.8) is 0 Å². The Morgan fingerprint density at radius 3 is 2.56 bits per heavy atom. The van der Waals surface area contributed by atoms with E-state index in [2.05, 4.69) is 0 Å². The molecule has 1 rings (SSSR count). The summed E-state index contributed by atoms with van der Waals surface area (Å²) in [6.07, 6.45) is 0.209. The Labute approximate surface area is 93.8 Å². The lowest BCUT2D eigenvalue weighted by molar-refractivity contribution is -0.385. The van der Waals surface area contributed by atoms with Crippen molar-refractivity contribution in [2.24, 2.45) is 0 Å². The first-order chi connectivity index (χ1) is 7.33. The lowest BCUT2D eigenvalue weighted by Gasteiger charge is -2.17. The van der Waals surface area contributed by atoms with Crippen LogP contribution >= 0.6 is 0 Å². The molecule has 0 spiro atoms. The summed E-state index contributed by atoms with van der Waals surface area (Å²) >= 11 is 0. The second kappa shape index (κ2) is 4.49. The molecule has 0 aliphatic carbocycles. The molecule has 0 radical (unpaired) electrons. The van der Waals surface area contributed by atoms with Gasteiger partial charge in [0, 0.05) is 18.1 Å². The number of benzene rings is 1. The second-order valence-corrected chi connectivity index (χ2v) is 4.24. The summed E-state index contributed by atoms with van der Waals surface area (Å²) in [7, 11) is 1.50. The zero-order valence-electron chi connectivity index (χ0n) is 9.56. The fraction of sp³-hybridized carbons (Fsp3) is 0.455. The van der Waals surface area contributed by atoms with Gasteiger partial charge in [0.15, 0.2) is 0 Å². The fourth-order valence-electron chi connectivity index (χ4n) is 1.47. The van der Waals surface area contributed by atoms with Gasteiger partial charge < -0.3 is 9.84 Å². The average molecular weight is 225 g/mol. The Balaban J connectivity index is 3.15. The van der Waals surface area contributed by atoms with Crippen LogP contribution in [0.1, 0.15) is 19.4 Å². The van der Waals surface area contributed by atoms with E-state index in [0.717, 1.165) is 0 Å². The predicted octanol–water partition coefficient (Wildman–Crippen LogP) is 1.92. The predicted molar refractivity (Wildman–Crippen MR) is 59.7 cm³/mol. The van der Waals surface area contributed by atoms with Crippen molar-refractivity contribution in [3.05, 3.63) is 33.9 Å². The van der Waals surface area contributed by atoms with Crippen molar-refractivity contribution in [1.29, 1.82) is 0 Å². The zero-order valence-corrected chi connectivity index (χ0v) is 9.56. The van der Waals surface area contributed by atoms with Crippen LogP contribution in [0.15, 0.2) is 18.2 Å². The van der Waals surface area contributed by atoms with Crippen molar-refractivity contribution < 1.29 is 14.8 Å². The van der Waals surface area contributed by atoms with E-state index >= 15 is 0 Å². The summed E-state index contributed by atoms with van der Waals surface area (Å²) in [5.74, 6) is 0.546. The van der Waals surface area contributed by atoms with E-state index in [0.29, 0.717) is 11.3 Å². The van der Waals surface area contributed by atoms with Crippen LogP contribution in [0.2, 0.25) is 0 Å². The molecule has 0 atom stereocenters. The van der Waals surface area contributed by atoms with Gasteiger partial charge in [-0.05, 0) is 26.0 Å². The summed E-state index contributed by atoms with van der Waals surface area (Å²) in [6, 6.07) is 4.50. The molecule has 5 heteroatoms. The van der Waals surface area contributed by atoms with Crippen molar-refractivity contribution in [3.8, 4) is 5.75 Å². The number of rotatable bonds is 4. The molecule has 0 aromatic heterocycles. The summed E-state index contributed by atoms with van der Waals surface area (Å²) in [5.41, 5.74) is -0.517. The first-order valence-corrected chi connectivity index (χ1v) is 4.87. The van der Waals surface area contributed by atoms with Crippen molar-refractivity contribution in [2.45, 2.75) is 25.9 Å². The van der Waals surface area contributed by atoms with E-state index in [9.17, 15) is 15.2 Å². The van der Waals surface area contributed by atoms with Gasteiger partial charge in [-0.1, -0.05) is 0 Å². The van der Waals surface area contributed by atoms with Crippen LogP contribution in [0.4, 0.5) is 5.69 Å². The van der Waals surface area contributed by atoms with Gasteiger partial charge in [-0.15, -0.1) is 0 Å². The third-order valence-corrected chi connectivity index (χ3v) is 2.11. The molecular formula is C11H15NO4. The molecule has 5 nitrogen and oxygen atoms in total. The van der Waals surface area contributed by atoms with Gasteiger partial charge in [-0.2, -0.15) is 0 Å². The van der Waals surface area contributed by atoms with Crippen molar-refractivity contribution in [1.82, 2.24) is 0 Å².